The summed E-state index contributed by atoms with van der Waals surface area (Å²) in [5.74, 6) is -1.03. The fourth-order valence-electron chi connectivity index (χ4n) is 2.54. The number of carbonyl (C=O) groups is 1. The molecule has 21 heavy (non-hydrogen) atoms. The van der Waals surface area contributed by atoms with Crippen LogP contribution in [-0.4, -0.2) is 32.2 Å². The summed E-state index contributed by atoms with van der Waals surface area (Å²) in [6, 6.07) is 5.15. The topological polar surface area (TPSA) is 104 Å². The minimum absolute atomic E-state index is 0.356. The molecule has 0 amide bonds. The molecule has 0 atom stereocenters. The van der Waals surface area contributed by atoms with Crippen molar-refractivity contribution in [2.75, 3.05) is 12.9 Å². The van der Waals surface area contributed by atoms with E-state index in [4.69, 9.17) is 0 Å². The van der Waals surface area contributed by atoms with Gasteiger partial charge < -0.3 is 4.74 Å². The molecular weight excluding hydrogens is 298 g/mol. The zero-order chi connectivity index (χ0) is 15.7. The first-order valence-corrected chi connectivity index (χ1v) is 8.02. The molecular formula is C13H15NO6S. The van der Waals surface area contributed by atoms with Gasteiger partial charge in [-0.25, -0.2) is 8.42 Å². The van der Waals surface area contributed by atoms with E-state index < -0.39 is 37.6 Å². The molecule has 1 aromatic rings. The SMILES string of the molecule is COC(=O)C1(CS(=O)(=O)c2ccccc2[N+](=O)[O-])CCC1. The number of carbonyl (C=O) groups excluding carboxylic acids is 1. The second-order valence-electron chi connectivity index (χ2n) is 5.11. The number of sulfone groups is 1. The second-order valence-corrected chi connectivity index (χ2v) is 7.07. The lowest BCUT2D eigenvalue weighted by Crippen LogP contribution is -2.44. The smallest absolute Gasteiger partial charge is 0.312 e. The summed E-state index contributed by atoms with van der Waals surface area (Å²) in [5.41, 5.74) is -1.55. The normalized spacial score (nSPS) is 16.8. The molecule has 1 aromatic carbocycles. The molecule has 1 aliphatic carbocycles. The number of nitro benzene ring substituents is 1. The monoisotopic (exact) mass is 313 g/mol. The minimum atomic E-state index is -3.95. The van der Waals surface area contributed by atoms with Crippen molar-refractivity contribution in [3.63, 3.8) is 0 Å². The molecule has 0 spiro atoms. The highest BCUT2D eigenvalue weighted by atomic mass is 32.2. The predicted molar refractivity (Wildman–Crippen MR) is 73.4 cm³/mol. The number of ether oxygens (including phenoxy) is 1. The average Bonchev–Trinajstić information content (AvgIpc) is 2.42. The molecule has 7 nitrogen and oxygen atoms in total. The van der Waals surface area contributed by atoms with Crippen molar-refractivity contribution in [1.82, 2.24) is 0 Å². The van der Waals surface area contributed by atoms with Crippen LogP contribution in [0.3, 0.4) is 0 Å². The van der Waals surface area contributed by atoms with Crippen molar-refractivity contribution in [3.8, 4) is 0 Å². The van der Waals surface area contributed by atoms with E-state index in [0.717, 1.165) is 12.5 Å². The van der Waals surface area contributed by atoms with Gasteiger partial charge >= 0.3 is 5.97 Å². The fourth-order valence-corrected chi connectivity index (χ4v) is 4.58. The molecule has 0 aliphatic heterocycles. The van der Waals surface area contributed by atoms with Crippen LogP contribution < -0.4 is 0 Å². The number of benzene rings is 1. The molecule has 0 heterocycles. The van der Waals surface area contributed by atoms with Crippen molar-refractivity contribution >= 4 is 21.5 Å². The third-order valence-corrected chi connectivity index (χ3v) is 5.74. The minimum Gasteiger partial charge on any atom is -0.469 e. The van der Waals surface area contributed by atoms with Gasteiger partial charge in [-0.3, -0.25) is 14.9 Å². The van der Waals surface area contributed by atoms with Gasteiger partial charge in [-0.2, -0.15) is 0 Å². The van der Waals surface area contributed by atoms with Crippen LogP contribution in [0.4, 0.5) is 5.69 Å². The lowest BCUT2D eigenvalue weighted by Gasteiger charge is -2.38. The van der Waals surface area contributed by atoms with Gasteiger partial charge in [0, 0.05) is 6.07 Å². The third kappa shape index (κ3) is 2.76. The van der Waals surface area contributed by atoms with E-state index in [9.17, 15) is 23.3 Å². The van der Waals surface area contributed by atoms with Gasteiger partial charge in [0.2, 0.25) is 0 Å². The van der Waals surface area contributed by atoms with Crippen LogP contribution in [0.1, 0.15) is 19.3 Å². The molecule has 0 aromatic heterocycles. The number of rotatable bonds is 5. The van der Waals surface area contributed by atoms with E-state index in [0.29, 0.717) is 12.8 Å². The maximum absolute atomic E-state index is 12.5. The largest absolute Gasteiger partial charge is 0.469 e. The lowest BCUT2D eigenvalue weighted by atomic mass is 9.70. The van der Waals surface area contributed by atoms with Crippen molar-refractivity contribution in [2.24, 2.45) is 5.41 Å². The Hall–Kier alpha value is -1.96. The number of methoxy groups -OCH3 is 1. The Morgan fingerprint density at radius 2 is 2.00 bits per heavy atom. The number of nitro groups is 1. The molecule has 0 saturated heterocycles. The molecule has 1 saturated carbocycles. The first kappa shape index (κ1) is 15.4. The van der Waals surface area contributed by atoms with Crippen molar-refractivity contribution in [2.45, 2.75) is 24.2 Å². The number of esters is 1. The first-order chi connectivity index (χ1) is 9.82. The van der Waals surface area contributed by atoms with Crippen molar-refractivity contribution in [3.05, 3.63) is 34.4 Å². The zero-order valence-corrected chi connectivity index (χ0v) is 12.3. The molecule has 8 heteroatoms. The quantitative estimate of drug-likeness (QED) is 0.465. The Bertz CT molecular complexity index is 678. The highest BCUT2D eigenvalue weighted by molar-refractivity contribution is 7.91. The Morgan fingerprint density at radius 1 is 1.38 bits per heavy atom. The highest BCUT2D eigenvalue weighted by Crippen LogP contribution is 2.44. The van der Waals surface area contributed by atoms with Gasteiger partial charge in [-0.1, -0.05) is 18.6 Å². The highest BCUT2D eigenvalue weighted by Gasteiger charge is 2.49. The summed E-state index contributed by atoms with van der Waals surface area (Å²) in [6.45, 7) is 0. The fraction of sp³-hybridized carbons (Fsp3) is 0.462. The predicted octanol–water partition coefficient (Wildman–Crippen LogP) is 1.71. The van der Waals surface area contributed by atoms with Gasteiger partial charge in [-0.15, -0.1) is 0 Å². The zero-order valence-electron chi connectivity index (χ0n) is 11.4. The van der Waals surface area contributed by atoms with Gasteiger partial charge in [0.05, 0.1) is 23.2 Å². The van der Waals surface area contributed by atoms with Crippen LogP contribution >= 0.6 is 0 Å². The molecule has 0 unspecified atom stereocenters. The van der Waals surface area contributed by atoms with E-state index in [1.54, 1.807) is 0 Å². The van der Waals surface area contributed by atoms with Crippen LogP contribution in [0.15, 0.2) is 29.2 Å². The number of hydrogen-bond acceptors (Lipinski definition) is 6. The molecule has 0 N–H and O–H groups in total. The van der Waals surface area contributed by atoms with Gasteiger partial charge in [0.1, 0.15) is 4.90 Å². The summed E-state index contributed by atoms with van der Waals surface area (Å²) >= 11 is 0. The maximum atomic E-state index is 12.5. The molecule has 1 fully saturated rings. The molecule has 114 valence electrons. The number of hydrogen-bond donors (Lipinski definition) is 0. The van der Waals surface area contributed by atoms with Crippen LogP contribution in [0.25, 0.3) is 0 Å². The average molecular weight is 313 g/mol. The Balaban J connectivity index is 2.40. The number of para-hydroxylation sites is 1. The van der Waals surface area contributed by atoms with Crippen LogP contribution in [-0.2, 0) is 19.4 Å². The van der Waals surface area contributed by atoms with Crippen LogP contribution in [0.5, 0.6) is 0 Å². The van der Waals surface area contributed by atoms with E-state index in [-0.39, 0.29) is 4.90 Å². The Morgan fingerprint density at radius 3 is 2.48 bits per heavy atom. The first-order valence-electron chi connectivity index (χ1n) is 6.37. The Kier molecular flexibility index (Phi) is 3.99. The van der Waals surface area contributed by atoms with Crippen molar-refractivity contribution < 1.29 is 22.9 Å². The molecule has 1 aliphatic rings. The Labute approximate surface area is 122 Å². The lowest BCUT2D eigenvalue weighted by molar-refractivity contribution is -0.387. The van der Waals surface area contributed by atoms with Crippen LogP contribution in [0.2, 0.25) is 0 Å². The van der Waals surface area contributed by atoms with Crippen LogP contribution in [0, 0.1) is 15.5 Å². The second kappa shape index (κ2) is 5.44. The molecule has 0 radical (unpaired) electrons. The van der Waals surface area contributed by atoms with Gasteiger partial charge in [0.15, 0.2) is 9.84 Å². The van der Waals surface area contributed by atoms with E-state index >= 15 is 0 Å². The van der Waals surface area contributed by atoms with Gasteiger partial charge in [0.25, 0.3) is 5.69 Å². The third-order valence-electron chi connectivity index (χ3n) is 3.79. The molecule has 2 rings (SSSR count). The summed E-state index contributed by atoms with van der Waals surface area (Å²) in [7, 11) is -2.74. The number of nitrogens with zero attached hydrogens (tertiary/aromatic N) is 1. The van der Waals surface area contributed by atoms with E-state index in [1.807, 2.05) is 0 Å². The van der Waals surface area contributed by atoms with E-state index in [2.05, 4.69) is 4.74 Å². The summed E-state index contributed by atoms with van der Waals surface area (Å²) in [6.07, 6.45) is 1.57. The molecule has 0 bridgehead atoms. The summed E-state index contributed by atoms with van der Waals surface area (Å²) in [4.78, 5) is 21.7. The van der Waals surface area contributed by atoms with E-state index in [1.165, 1.54) is 25.3 Å². The maximum Gasteiger partial charge on any atom is 0.312 e. The standard InChI is InChI=1S/C13H15NO6S/c1-20-12(15)13(7-4-8-13)9-21(18,19)11-6-3-2-5-10(11)14(16)17/h2-3,5-6H,4,7-9H2,1H3. The summed E-state index contributed by atoms with van der Waals surface area (Å²) in [5, 5.41) is 11.0. The van der Waals surface area contributed by atoms with Gasteiger partial charge in [-0.05, 0) is 18.9 Å². The van der Waals surface area contributed by atoms with Crippen molar-refractivity contribution in [1.29, 1.82) is 0 Å². The summed E-state index contributed by atoms with van der Waals surface area (Å²) < 4.78 is 29.6.